The van der Waals surface area contributed by atoms with Crippen LogP contribution in [0, 0.1) is 6.92 Å². The van der Waals surface area contributed by atoms with Gasteiger partial charge >= 0.3 is 5.97 Å². The average Bonchev–Trinajstić information content (AvgIpc) is 2.71. The minimum atomic E-state index is -3.58. The van der Waals surface area contributed by atoms with Crippen LogP contribution in [0.25, 0.3) is 10.8 Å². The summed E-state index contributed by atoms with van der Waals surface area (Å²) >= 11 is 0. The van der Waals surface area contributed by atoms with Crippen LogP contribution in [0.3, 0.4) is 0 Å². The van der Waals surface area contributed by atoms with Gasteiger partial charge in [0.1, 0.15) is 0 Å². The number of rotatable bonds is 6. The fourth-order valence-electron chi connectivity index (χ4n) is 2.93. The second kappa shape index (κ2) is 8.45. The van der Waals surface area contributed by atoms with E-state index in [1.165, 1.54) is 19.2 Å². The summed E-state index contributed by atoms with van der Waals surface area (Å²) in [5.41, 5.74) is 1.45. The predicted molar refractivity (Wildman–Crippen MR) is 112 cm³/mol. The van der Waals surface area contributed by atoms with E-state index >= 15 is 0 Å². The molecule has 7 heteroatoms. The van der Waals surface area contributed by atoms with Gasteiger partial charge in [0.05, 0.1) is 29.0 Å². The van der Waals surface area contributed by atoms with Crippen LogP contribution < -0.4 is 5.32 Å². The standard InChI is InChI=1S/C22H21NO5S/c1-15-7-9-18(10-8-15)29(26,27)12-11-21(24)23-20-14-17-6-4-3-5-16(17)13-19(20)22(25)28-2/h3-10,13-14H,11-12H2,1-2H3,(H,23,24). The maximum atomic E-state index is 12.4. The van der Waals surface area contributed by atoms with Gasteiger partial charge in [0.25, 0.3) is 0 Å². The van der Waals surface area contributed by atoms with E-state index in [0.717, 1.165) is 16.3 Å². The lowest BCUT2D eigenvalue weighted by molar-refractivity contribution is -0.115. The third kappa shape index (κ3) is 4.81. The highest BCUT2D eigenvalue weighted by Crippen LogP contribution is 2.25. The predicted octanol–water partition coefficient (Wildman–Crippen LogP) is 3.74. The first-order valence-corrected chi connectivity index (χ1v) is 10.7. The summed E-state index contributed by atoms with van der Waals surface area (Å²) in [6.45, 7) is 1.87. The highest BCUT2D eigenvalue weighted by Gasteiger charge is 2.19. The SMILES string of the molecule is COC(=O)c1cc2ccccc2cc1NC(=O)CCS(=O)(=O)c1ccc(C)cc1. The number of nitrogens with one attached hydrogen (secondary N) is 1. The number of carbonyl (C=O) groups is 2. The Hall–Kier alpha value is -3.19. The van der Waals surface area contributed by atoms with Gasteiger partial charge in [-0.15, -0.1) is 0 Å². The Labute approximate surface area is 169 Å². The van der Waals surface area contributed by atoms with Crippen molar-refractivity contribution in [2.75, 3.05) is 18.2 Å². The summed E-state index contributed by atoms with van der Waals surface area (Å²) in [5.74, 6) is -1.41. The zero-order chi connectivity index (χ0) is 21.0. The number of amides is 1. The van der Waals surface area contributed by atoms with Crippen LogP contribution >= 0.6 is 0 Å². The molecule has 6 nitrogen and oxygen atoms in total. The molecule has 1 amide bonds. The summed E-state index contributed by atoms with van der Waals surface area (Å²) in [6.07, 6.45) is -0.232. The molecule has 1 N–H and O–H groups in total. The number of anilines is 1. The lowest BCUT2D eigenvalue weighted by atomic mass is 10.0. The molecule has 0 bridgehead atoms. The summed E-state index contributed by atoms with van der Waals surface area (Å²) in [6, 6.07) is 17.2. The molecule has 0 saturated heterocycles. The number of fused-ring (bicyclic) bond motifs is 1. The van der Waals surface area contributed by atoms with Gasteiger partial charge in [-0.3, -0.25) is 4.79 Å². The highest BCUT2D eigenvalue weighted by atomic mass is 32.2. The fraction of sp³-hybridized carbons (Fsp3) is 0.182. The van der Waals surface area contributed by atoms with Crippen LogP contribution in [-0.4, -0.2) is 33.2 Å². The molecule has 0 aliphatic heterocycles. The van der Waals surface area contributed by atoms with E-state index < -0.39 is 21.7 Å². The molecule has 3 aromatic carbocycles. The third-order valence-electron chi connectivity index (χ3n) is 4.54. The van der Waals surface area contributed by atoms with Gasteiger partial charge in [-0.05, 0) is 42.0 Å². The zero-order valence-corrected chi connectivity index (χ0v) is 17.0. The number of methoxy groups -OCH3 is 1. The number of esters is 1. The molecule has 0 aliphatic carbocycles. The van der Waals surface area contributed by atoms with Crippen molar-refractivity contribution in [3.05, 3.63) is 71.8 Å². The quantitative estimate of drug-likeness (QED) is 0.624. The Balaban J connectivity index is 1.78. The Bertz CT molecular complexity index is 1170. The van der Waals surface area contributed by atoms with Crippen LogP contribution in [0.15, 0.2) is 65.6 Å². The van der Waals surface area contributed by atoms with E-state index in [0.29, 0.717) is 0 Å². The molecule has 150 valence electrons. The van der Waals surface area contributed by atoms with Gasteiger partial charge in [-0.2, -0.15) is 0 Å². The summed E-state index contributed by atoms with van der Waals surface area (Å²) in [4.78, 5) is 24.7. The smallest absolute Gasteiger partial charge is 0.339 e. The Morgan fingerprint density at radius 2 is 1.59 bits per heavy atom. The summed E-state index contributed by atoms with van der Waals surface area (Å²) < 4.78 is 29.7. The van der Waals surface area contributed by atoms with Crippen molar-refractivity contribution in [2.24, 2.45) is 0 Å². The van der Waals surface area contributed by atoms with Crippen molar-refractivity contribution >= 4 is 38.2 Å². The topological polar surface area (TPSA) is 89.5 Å². The average molecular weight is 411 g/mol. The second-order valence-corrected chi connectivity index (χ2v) is 8.78. The molecule has 3 rings (SSSR count). The molecule has 0 aliphatic rings. The number of hydrogen-bond acceptors (Lipinski definition) is 5. The monoisotopic (exact) mass is 411 g/mol. The van der Waals surface area contributed by atoms with Gasteiger partial charge in [0, 0.05) is 6.42 Å². The zero-order valence-electron chi connectivity index (χ0n) is 16.1. The Kier molecular flexibility index (Phi) is 5.98. The number of ether oxygens (including phenoxy) is 1. The first kappa shape index (κ1) is 20.5. The molecule has 0 spiro atoms. The molecule has 0 aromatic heterocycles. The van der Waals surface area contributed by atoms with E-state index in [2.05, 4.69) is 5.32 Å². The van der Waals surface area contributed by atoms with Gasteiger partial charge in [-0.25, -0.2) is 13.2 Å². The molecular formula is C22H21NO5S. The van der Waals surface area contributed by atoms with Crippen LogP contribution in [0.5, 0.6) is 0 Å². The van der Waals surface area contributed by atoms with E-state index in [4.69, 9.17) is 4.74 Å². The van der Waals surface area contributed by atoms with Crippen LogP contribution in [0.4, 0.5) is 5.69 Å². The van der Waals surface area contributed by atoms with Crippen molar-refractivity contribution in [2.45, 2.75) is 18.2 Å². The van der Waals surface area contributed by atoms with Gasteiger partial charge in [0.15, 0.2) is 9.84 Å². The van der Waals surface area contributed by atoms with Crippen LogP contribution in [-0.2, 0) is 19.4 Å². The minimum Gasteiger partial charge on any atom is -0.465 e. The van der Waals surface area contributed by atoms with Crippen molar-refractivity contribution in [1.29, 1.82) is 0 Å². The molecular weight excluding hydrogens is 390 g/mol. The molecule has 0 fully saturated rings. The molecule has 29 heavy (non-hydrogen) atoms. The van der Waals surface area contributed by atoms with Crippen molar-refractivity contribution < 1.29 is 22.7 Å². The maximum absolute atomic E-state index is 12.4. The second-order valence-electron chi connectivity index (χ2n) is 6.67. The normalized spacial score (nSPS) is 11.2. The lowest BCUT2D eigenvalue weighted by Crippen LogP contribution is -2.19. The van der Waals surface area contributed by atoms with Crippen molar-refractivity contribution in [3.63, 3.8) is 0 Å². The Morgan fingerprint density at radius 3 is 2.21 bits per heavy atom. The van der Waals surface area contributed by atoms with Crippen molar-refractivity contribution in [1.82, 2.24) is 0 Å². The largest absolute Gasteiger partial charge is 0.465 e. The number of sulfone groups is 1. The van der Waals surface area contributed by atoms with E-state index in [1.807, 2.05) is 31.2 Å². The highest BCUT2D eigenvalue weighted by molar-refractivity contribution is 7.91. The summed E-state index contributed by atoms with van der Waals surface area (Å²) in [5, 5.41) is 4.31. The van der Waals surface area contributed by atoms with Gasteiger partial charge in [-0.1, -0.05) is 42.0 Å². The van der Waals surface area contributed by atoms with E-state index in [-0.39, 0.29) is 28.3 Å². The number of aryl methyl sites for hydroxylation is 1. The third-order valence-corrected chi connectivity index (χ3v) is 6.28. The number of hydrogen-bond donors (Lipinski definition) is 1. The van der Waals surface area contributed by atoms with Crippen LogP contribution in [0.2, 0.25) is 0 Å². The molecule has 0 unspecified atom stereocenters. The first-order valence-electron chi connectivity index (χ1n) is 9.00. The first-order chi connectivity index (χ1) is 13.8. The Morgan fingerprint density at radius 1 is 0.966 bits per heavy atom. The number of benzene rings is 3. The number of carbonyl (C=O) groups excluding carboxylic acids is 2. The van der Waals surface area contributed by atoms with Gasteiger partial charge in [0.2, 0.25) is 5.91 Å². The molecule has 0 saturated carbocycles. The van der Waals surface area contributed by atoms with Crippen molar-refractivity contribution in [3.8, 4) is 0 Å². The fourth-order valence-corrected chi connectivity index (χ4v) is 4.17. The van der Waals surface area contributed by atoms with Crippen LogP contribution in [0.1, 0.15) is 22.3 Å². The molecule has 0 atom stereocenters. The summed E-state index contributed by atoms with van der Waals surface area (Å²) in [7, 11) is -2.32. The molecule has 0 heterocycles. The van der Waals surface area contributed by atoms with Gasteiger partial charge < -0.3 is 10.1 Å². The lowest BCUT2D eigenvalue weighted by Gasteiger charge is -2.12. The van der Waals surface area contributed by atoms with E-state index in [9.17, 15) is 18.0 Å². The molecule has 3 aromatic rings. The molecule has 0 radical (unpaired) electrons. The van der Waals surface area contributed by atoms with E-state index in [1.54, 1.807) is 24.3 Å². The minimum absolute atomic E-state index is 0.178. The maximum Gasteiger partial charge on any atom is 0.339 e.